The predicted molar refractivity (Wildman–Crippen MR) is 138 cm³/mol. The van der Waals surface area contributed by atoms with Gasteiger partial charge in [0, 0.05) is 38.5 Å². The molecule has 1 saturated heterocycles. The van der Waals surface area contributed by atoms with Crippen molar-refractivity contribution in [2.24, 2.45) is 7.05 Å². The zero-order chi connectivity index (χ0) is 27.0. The molecule has 1 aromatic heterocycles. The normalized spacial score (nSPS) is 16.4. The second kappa shape index (κ2) is 10.4. The zero-order valence-corrected chi connectivity index (χ0v) is 22.4. The lowest BCUT2D eigenvalue weighted by Gasteiger charge is -2.33. The van der Waals surface area contributed by atoms with E-state index in [1.165, 1.54) is 24.3 Å². The molecule has 1 fully saturated rings. The second-order valence-corrected chi connectivity index (χ2v) is 11.8. The Bertz CT molecular complexity index is 1440. The Hall–Kier alpha value is -2.92. The molecule has 0 saturated carbocycles. The SMILES string of the molecule is COC(=O)C1(S(=O)(=O)c2ccc([C@@H](CO)NC(=O)c3cc4c(Cl)cc(C)cc4n3C)cc2)CCOCC1. The highest BCUT2D eigenvalue weighted by Gasteiger charge is 2.53. The number of methoxy groups -OCH3 is 1. The Morgan fingerprint density at radius 1 is 1.19 bits per heavy atom. The molecule has 1 aliphatic heterocycles. The van der Waals surface area contributed by atoms with Gasteiger partial charge in [-0.05, 0) is 48.4 Å². The van der Waals surface area contributed by atoms with Crippen LogP contribution in [0.5, 0.6) is 0 Å². The van der Waals surface area contributed by atoms with Gasteiger partial charge in [0.25, 0.3) is 5.91 Å². The summed E-state index contributed by atoms with van der Waals surface area (Å²) in [5, 5.41) is 14.1. The minimum Gasteiger partial charge on any atom is -0.468 e. The highest BCUT2D eigenvalue weighted by Crippen LogP contribution is 2.36. The molecule has 0 radical (unpaired) electrons. The third kappa shape index (κ3) is 4.74. The topological polar surface area (TPSA) is 124 Å². The third-order valence-corrected chi connectivity index (χ3v) is 9.75. The molecule has 2 aromatic carbocycles. The number of benzene rings is 2. The van der Waals surface area contributed by atoms with Crippen molar-refractivity contribution in [2.45, 2.75) is 35.4 Å². The number of hydrogen-bond acceptors (Lipinski definition) is 7. The van der Waals surface area contributed by atoms with Crippen molar-refractivity contribution in [1.29, 1.82) is 0 Å². The van der Waals surface area contributed by atoms with Crippen molar-refractivity contribution in [3.05, 3.63) is 64.3 Å². The number of rotatable bonds is 7. The first-order chi connectivity index (χ1) is 17.6. The lowest BCUT2D eigenvalue weighted by Crippen LogP contribution is -2.51. The summed E-state index contributed by atoms with van der Waals surface area (Å²) >= 11 is 6.36. The second-order valence-electron chi connectivity index (χ2n) is 9.15. The number of fused-ring (bicyclic) bond motifs is 1. The van der Waals surface area contributed by atoms with E-state index in [1.807, 2.05) is 19.1 Å². The third-order valence-electron chi connectivity index (χ3n) is 6.94. The number of hydrogen-bond donors (Lipinski definition) is 2. The molecule has 0 unspecified atom stereocenters. The fourth-order valence-corrected chi connectivity index (χ4v) is 7.05. The van der Waals surface area contributed by atoms with Crippen LogP contribution in [0.1, 0.15) is 40.5 Å². The van der Waals surface area contributed by atoms with Gasteiger partial charge in [-0.1, -0.05) is 23.7 Å². The van der Waals surface area contributed by atoms with E-state index in [1.54, 1.807) is 17.7 Å². The molecule has 37 heavy (non-hydrogen) atoms. The molecule has 0 spiro atoms. The number of nitrogens with zero attached hydrogens (tertiary/aromatic N) is 1. The van der Waals surface area contributed by atoms with Crippen molar-refractivity contribution in [3.63, 3.8) is 0 Å². The summed E-state index contributed by atoms with van der Waals surface area (Å²) in [6.45, 7) is 1.76. The van der Waals surface area contributed by atoms with E-state index in [9.17, 15) is 23.1 Å². The number of ether oxygens (including phenoxy) is 2. The summed E-state index contributed by atoms with van der Waals surface area (Å²) < 4.78 is 37.2. The van der Waals surface area contributed by atoms with Crippen molar-refractivity contribution in [1.82, 2.24) is 9.88 Å². The van der Waals surface area contributed by atoms with E-state index >= 15 is 0 Å². The predicted octanol–water partition coefficient (Wildman–Crippen LogP) is 3.10. The average Bonchev–Trinajstić information content (AvgIpc) is 3.23. The van der Waals surface area contributed by atoms with Gasteiger partial charge >= 0.3 is 5.97 Å². The Kier molecular flexibility index (Phi) is 7.66. The molecule has 198 valence electrons. The van der Waals surface area contributed by atoms with Crippen LogP contribution in [-0.4, -0.2) is 61.6 Å². The van der Waals surface area contributed by atoms with Gasteiger partial charge in [-0.2, -0.15) is 0 Å². The average molecular weight is 549 g/mol. The van der Waals surface area contributed by atoms with Crippen LogP contribution in [0, 0.1) is 6.92 Å². The van der Waals surface area contributed by atoms with E-state index in [4.69, 9.17) is 21.1 Å². The Labute approximate surface area is 220 Å². The summed E-state index contributed by atoms with van der Waals surface area (Å²) in [5.74, 6) is -1.24. The van der Waals surface area contributed by atoms with Gasteiger partial charge in [0.2, 0.25) is 0 Å². The van der Waals surface area contributed by atoms with Crippen LogP contribution in [-0.2, 0) is 31.2 Å². The summed E-state index contributed by atoms with van der Waals surface area (Å²) in [4.78, 5) is 25.6. The van der Waals surface area contributed by atoms with Crippen molar-refractivity contribution < 1.29 is 32.6 Å². The maximum Gasteiger partial charge on any atom is 0.327 e. The number of aryl methyl sites for hydroxylation is 2. The molecular weight excluding hydrogens is 520 g/mol. The van der Waals surface area contributed by atoms with Crippen molar-refractivity contribution in [2.75, 3.05) is 26.9 Å². The smallest absolute Gasteiger partial charge is 0.327 e. The fourth-order valence-electron chi connectivity index (χ4n) is 4.78. The molecule has 11 heteroatoms. The summed E-state index contributed by atoms with van der Waals surface area (Å²) in [6.07, 6.45) is -0.0126. The molecule has 2 N–H and O–H groups in total. The number of carbonyl (C=O) groups excluding carboxylic acids is 2. The van der Waals surface area contributed by atoms with Crippen LogP contribution >= 0.6 is 11.6 Å². The quantitative estimate of drug-likeness (QED) is 0.435. The van der Waals surface area contributed by atoms with E-state index in [0.717, 1.165) is 23.6 Å². The standard InChI is InChI=1S/C26H29ClN2O7S/c1-16-12-20(27)19-14-23(29(2)22(19)13-16)24(31)28-21(15-30)17-4-6-18(7-5-17)37(33,34)26(25(32)35-3)8-10-36-11-9-26/h4-7,12-14,21,30H,8-11,15H2,1-3H3,(H,28,31)/t21-/m1/s1. The van der Waals surface area contributed by atoms with Crippen LogP contribution in [0.25, 0.3) is 10.9 Å². The zero-order valence-electron chi connectivity index (χ0n) is 20.8. The van der Waals surface area contributed by atoms with Gasteiger partial charge in [-0.25, -0.2) is 8.42 Å². The number of aliphatic hydroxyl groups excluding tert-OH is 1. The first kappa shape index (κ1) is 27.1. The van der Waals surface area contributed by atoms with Gasteiger partial charge in [0.1, 0.15) is 5.69 Å². The number of carbonyl (C=O) groups is 2. The molecule has 0 bridgehead atoms. The van der Waals surface area contributed by atoms with Crippen LogP contribution in [0.4, 0.5) is 0 Å². The van der Waals surface area contributed by atoms with E-state index in [-0.39, 0.29) is 31.0 Å². The largest absolute Gasteiger partial charge is 0.468 e. The van der Waals surface area contributed by atoms with Gasteiger partial charge < -0.3 is 24.5 Å². The highest BCUT2D eigenvalue weighted by atomic mass is 35.5. The minimum atomic E-state index is -4.10. The molecule has 1 aliphatic rings. The van der Waals surface area contributed by atoms with Gasteiger partial charge in [0.05, 0.1) is 35.2 Å². The molecule has 4 rings (SSSR count). The number of halogens is 1. The van der Waals surface area contributed by atoms with Crippen molar-refractivity contribution >= 4 is 44.2 Å². The molecule has 3 aromatic rings. The summed E-state index contributed by atoms with van der Waals surface area (Å²) in [7, 11) is -1.18. The van der Waals surface area contributed by atoms with E-state index in [2.05, 4.69) is 5.32 Å². The minimum absolute atomic E-state index is 0.00631. The van der Waals surface area contributed by atoms with Gasteiger partial charge in [-0.3, -0.25) is 9.59 Å². The summed E-state index contributed by atoms with van der Waals surface area (Å²) in [5.41, 5.74) is 2.63. The monoisotopic (exact) mass is 548 g/mol. The van der Waals surface area contributed by atoms with Crippen molar-refractivity contribution in [3.8, 4) is 0 Å². The lowest BCUT2D eigenvalue weighted by atomic mass is 9.99. The maximum atomic E-state index is 13.5. The van der Waals surface area contributed by atoms with Crippen LogP contribution in [0.3, 0.4) is 0 Å². The fraction of sp³-hybridized carbons (Fsp3) is 0.385. The lowest BCUT2D eigenvalue weighted by molar-refractivity contribution is -0.146. The molecule has 9 nitrogen and oxygen atoms in total. The molecule has 0 aliphatic carbocycles. The summed E-state index contributed by atoms with van der Waals surface area (Å²) in [6, 6.07) is 10.4. The molecule has 1 atom stereocenters. The molecule has 2 heterocycles. The highest BCUT2D eigenvalue weighted by molar-refractivity contribution is 7.93. The van der Waals surface area contributed by atoms with Gasteiger partial charge in [-0.15, -0.1) is 0 Å². The van der Waals surface area contributed by atoms with E-state index < -0.39 is 39.1 Å². The first-order valence-electron chi connectivity index (χ1n) is 11.7. The van der Waals surface area contributed by atoms with Crippen LogP contribution in [0.15, 0.2) is 47.4 Å². The Morgan fingerprint density at radius 2 is 1.84 bits per heavy atom. The maximum absolute atomic E-state index is 13.5. The van der Waals surface area contributed by atoms with Crippen LogP contribution in [0.2, 0.25) is 5.02 Å². The number of aliphatic hydroxyl groups is 1. The molecule has 1 amide bonds. The number of aromatic nitrogens is 1. The number of amides is 1. The Balaban J connectivity index is 1.60. The Morgan fingerprint density at radius 3 is 2.43 bits per heavy atom. The molecular formula is C26H29ClN2O7S. The number of esters is 1. The first-order valence-corrected chi connectivity index (χ1v) is 13.6. The van der Waals surface area contributed by atoms with E-state index in [0.29, 0.717) is 16.3 Å². The number of sulfone groups is 1. The van der Waals surface area contributed by atoms with Crippen LogP contribution < -0.4 is 5.32 Å². The van der Waals surface area contributed by atoms with Gasteiger partial charge in [0.15, 0.2) is 14.6 Å². The number of nitrogens with one attached hydrogen (secondary N) is 1.